The molecule has 1 fully saturated rings. The third kappa shape index (κ3) is 5.51. The largest absolute Gasteiger partial charge is 0.504 e. The average Bonchev–Trinajstić information content (AvgIpc) is 3.34. The highest BCUT2D eigenvalue weighted by Crippen LogP contribution is 2.62. The maximum Gasteiger partial charge on any atom is 0.325 e. The summed E-state index contributed by atoms with van der Waals surface area (Å²) in [6.07, 6.45) is 4.87. The molecule has 226 valence electrons. The van der Waals surface area contributed by atoms with Gasteiger partial charge >= 0.3 is 5.97 Å². The van der Waals surface area contributed by atoms with Crippen LogP contribution in [0.2, 0.25) is 0 Å². The molecule has 0 saturated carbocycles. The summed E-state index contributed by atoms with van der Waals surface area (Å²) < 4.78 is 16.8. The molecule has 1 saturated heterocycles. The van der Waals surface area contributed by atoms with E-state index in [1.807, 2.05) is 12.1 Å². The summed E-state index contributed by atoms with van der Waals surface area (Å²) in [7, 11) is 3.31. The Bertz CT molecular complexity index is 1320. The van der Waals surface area contributed by atoms with Crippen LogP contribution in [0.4, 0.5) is 0 Å². The molecule has 0 unspecified atom stereocenters. The number of piperidine rings is 1. The Labute approximate surface area is 242 Å². The van der Waals surface area contributed by atoms with E-state index in [0.717, 1.165) is 24.9 Å². The number of phenols is 1. The van der Waals surface area contributed by atoms with Gasteiger partial charge in [0.2, 0.25) is 23.6 Å². The summed E-state index contributed by atoms with van der Waals surface area (Å²) >= 11 is 0. The fourth-order valence-corrected chi connectivity index (χ4v) is 6.55. The highest BCUT2D eigenvalue weighted by molar-refractivity contribution is 5.90. The first-order chi connectivity index (χ1) is 20.1. The van der Waals surface area contributed by atoms with Crippen LogP contribution in [0.1, 0.15) is 17.5 Å². The molecular weight excluding hydrogens is 550 g/mol. The number of benzene rings is 1. The Balaban J connectivity index is 1.08. The lowest BCUT2D eigenvalue weighted by Crippen LogP contribution is -2.65. The fourth-order valence-electron chi connectivity index (χ4n) is 6.55. The van der Waals surface area contributed by atoms with Crippen LogP contribution in [-0.2, 0) is 45.3 Å². The molecule has 14 nitrogen and oxygen atoms in total. The van der Waals surface area contributed by atoms with Crippen molar-refractivity contribution in [3.05, 3.63) is 35.4 Å². The van der Waals surface area contributed by atoms with Crippen molar-refractivity contribution in [2.45, 2.75) is 36.5 Å². The van der Waals surface area contributed by atoms with Crippen LogP contribution in [-0.4, -0.2) is 111 Å². The molecule has 4 amide bonds. The van der Waals surface area contributed by atoms with Crippen molar-refractivity contribution in [1.82, 2.24) is 26.2 Å². The second-order valence-corrected chi connectivity index (χ2v) is 10.9. The maximum atomic E-state index is 12.5. The number of likely N-dealkylation sites (N-methyl/N-ethyl adjacent to an activating group) is 1. The number of ether oxygens (including phenoxy) is 3. The predicted molar refractivity (Wildman–Crippen MR) is 145 cm³/mol. The lowest BCUT2D eigenvalue weighted by molar-refractivity contribution is -0.141. The molecule has 1 spiro atoms. The molecule has 0 aromatic heterocycles. The number of amides is 4. The van der Waals surface area contributed by atoms with Gasteiger partial charge in [-0.15, -0.1) is 0 Å². The molecule has 4 aliphatic rings. The Morgan fingerprint density at radius 3 is 2.29 bits per heavy atom. The summed E-state index contributed by atoms with van der Waals surface area (Å²) in [6, 6.07) is 3.95. The first-order valence-electron chi connectivity index (χ1n) is 13.8. The molecule has 1 aromatic carbocycles. The van der Waals surface area contributed by atoms with Crippen LogP contribution in [0.25, 0.3) is 0 Å². The number of nitrogens with one attached hydrogen (secondary N) is 4. The van der Waals surface area contributed by atoms with Crippen molar-refractivity contribution in [3.8, 4) is 11.5 Å². The minimum Gasteiger partial charge on any atom is -0.504 e. The number of phenolic OH excluding ortho intramolecular Hbond substituents is 1. The number of esters is 1. The number of hydrogen-bond donors (Lipinski definition) is 5. The van der Waals surface area contributed by atoms with Crippen LogP contribution in [0.3, 0.4) is 0 Å². The fraction of sp³-hybridized carbons (Fsp3) is 0.536. The number of nitrogens with zero attached hydrogens (tertiary/aromatic N) is 1. The van der Waals surface area contributed by atoms with Gasteiger partial charge in [0.05, 0.1) is 26.7 Å². The zero-order valence-corrected chi connectivity index (χ0v) is 23.4. The van der Waals surface area contributed by atoms with Crippen molar-refractivity contribution in [2.75, 3.05) is 53.5 Å². The van der Waals surface area contributed by atoms with Crippen LogP contribution in [0.15, 0.2) is 24.3 Å². The average molecular weight is 586 g/mol. The smallest absolute Gasteiger partial charge is 0.325 e. The molecule has 2 aliphatic carbocycles. The molecule has 5 N–H and O–H groups in total. The summed E-state index contributed by atoms with van der Waals surface area (Å²) in [5.41, 5.74) is 1.88. The van der Waals surface area contributed by atoms with Crippen molar-refractivity contribution < 1.29 is 43.3 Å². The lowest BCUT2D eigenvalue weighted by atomic mass is 9.53. The van der Waals surface area contributed by atoms with Crippen molar-refractivity contribution in [3.63, 3.8) is 0 Å². The zero-order valence-electron chi connectivity index (χ0n) is 23.4. The van der Waals surface area contributed by atoms with Crippen molar-refractivity contribution in [2.24, 2.45) is 5.92 Å². The molecule has 0 radical (unpaired) electrons. The van der Waals surface area contributed by atoms with E-state index in [1.54, 1.807) is 6.07 Å². The van der Waals surface area contributed by atoms with Gasteiger partial charge in [-0.25, -0.2) is 0 Å². The van der Waals surface area contributed by atoms with E-state index in [1.165, 1.54) is 12.7 Å². The monoisotopic (exact) mass is 585 g/mol. The maximum absolute atomic E-state index is 12.5. The SMILES string of the molecule is COC(=O)CNC(=O)CNC(=O)CNC(=O)CNC(=O)CO[C@H]1C=C[C@H]2[C@H]3Cc4ccc(O)c5c4[C@@]2(CCN3C)[C@H]1O5. The summed E-state index contributed by atoms with van der Waals surface area (Å²) in [5.74, 6) is -2.17. The Morgan fingerprint density at radius 2 is 1.62 bits per heavy atom. The van der Waals surface area contributed by atoms with Gasteiger partial charge in [-0.05, 0) is 38.1 Å². The number of aromatic hydroxyl groups is 1. The van der Waals surface area contributed by atoms with E-state index in [9.17, 15) is 29.1 Å². The van der Waals surface area contributed by atoms with Gasteiger partial charge in [-0.2, -0.15) is 0 Å². The van der Waals surface area contributed by atoms with E-state index in [0.29, 0.717) is 11.8 Å². The molecule has 2 aliphatic heterocycles. The topological polar surface area (TPSA) is 185 Å². The van der Waals surface area contributed by atoms with Gasteiger partial charge in [0.15, 0.2) is 11.5 Å². The molecule has 42 heavy (non-hydrogen) atoms. The quantitative estimate of drug-likeness (QED) is 0.142. The van der Waals surface area contributed by atoms with Crippen LogP contribution < -0.4 is 26.0 Å². The van der Waals surface area contributed by atoms with Crippen molar-refractivity contribution in [1.29, 1.82) is 0 Å². The van der Waals surface area contributed by atoms with E-state index in [-0.39, 0.29) is 43.3 Å². The number of carbonyl (C=O) groups is 5. The van der Waals surface area contributed by atoms with E-state index in [2.05, 4.69) is 44.0 Å². The normalized spacial score (nSPS) is 26.3. The minimum absolute atomic E-state index is 0.103. The number of methoxy groups -OCH3 is 1. The second-order valence-electron chi connectivity index (χ2n) is 10.9. The number of carbonyl (C=O) groups excluding carboxylic acids is 5. The summed E-state index contributed by atoms with van der Waals surface area (Å²) in [5, 5.41) is 20.0. The van der Waals surface area contributed by atoms with E-state index < -0.39 is 48.4 Å². The summed E-state index contributed by atoms with van der Waals surface area (Å²) in [6.45, 7) is -0.928. The first kappa shape index (κ1) is 29.3. The predicted octanol–water partition coefficient (Wildman–Crippen LogP) is -2.14. The van der Waals surface area contributed by atoms with E-state index in [4.69, 9.17) is 9.47 Å². The minimum atomic E-state index is -0.631. The number of rotatable bonds is 11. The number of likely N-dealkylation sites (tertiary alicyclic amines) is 1. The van der Waals surface area contributed by atoms with Gasteiger partial charge in [0.1, 0.15) is 25.4 Å². The molecule has 2 bridgehead atoms. The Kier molecular flexibility index (Phi) is 8.36. The Morgan fingerprint density at radius 1 is 0.976 bits per heavy atom. The first-order valence-corrected chi connectivity index (χ1v) is 13.8. The molecule has 1 aromatic rings. The highest BCUT2D eigenvalue weighted by Gasteiger charge is 2.64. The van der Waals surface area contributed by atoms with E-state index >= 15 is 0 Å². The Hall–Kier alpha value is -4.17. The highest BCUT2D eigenvalue weighted by atomic mass is 16.6. The van der Waals surface area contributed by atoms with Gasteiger partial charge in [0, 0.05) is 22.9 Å². The molecule has 5 atom stereocenters. The van der Waals surface area contributed by atoms with Gasteiger partial charge in [-0.1, -0.05) is 18.2 Å². The van der Waals surface area contributed by atoms with Crippen molar-refractivity contribution >= 4 is 29.6 Å². The third-order valence-corrected chi connectivity index (χ3v) is 8.53. The standard InChI is InChI=1S/C28H35N5O9/c1-33-8-7-28-16-4-6-19(27(28)42-26-18(34)5-3-15(25(26)28)9-17(16)33)41-14-23(38)31-12-21(36)29-10-20(35)30-11-22(37)32-13-24(39)40-2/h3-6,16-17,19,27,34H,7-14H2,1-2H3,(H,29,36)(H,30,35)(H,31,38)(H,32,37)/t16-,17+,19-,27-,28-/m0/s1. The third-order valence-electron chi connectivity index (χ3n) is 8.53. The van der Waals surface area contributed by atoms with Gasteiger partial charge in [0.25, 0.3) is 0 Å². The second kappa shape index (κ2) is 12.0. The number of hydrogen-bond acceptors (Lipinski definition) is 10. The molecule has 5 rings (SSSR count). The summed E-state index contributed by atoms with van der Waals surface area (Å²) in [4.78, 5) is 61.4. The van der Waals surface area contributed by atoms with Crippen LogP contribution in [0, 0.1) is 5.92 Å². The molecular formula is C28H35N5O9. The van der Waals surface area contributed by atoms with Crippen LogP contribution in [0.5, 0.6) is 11.5 Å². The lowest BCUT2D eigenvalue weighted by Gasteiger charge is -2.56. The van der Waals surface area contributed by atoms with Gasteiger partial charge in [-0.3, -0.25) is 24.0 Å². The zero-order chi connectivity index (χ0) is 30.0. The molecule has 14 heteroatoms. The van der Waals surface area contributed by atoms with Gasteiger partial charge < -0.3 is 45.5 Å². The molecule has 2 heterocycles. The van der Waals surface area contributed by atoms with Crippen LogP contribution >= 0.6 is 0 Å².